The second kappa shape index (κ2) is 7.07. The molecule has 5 nitrogen and oxygen atoms in total. The van der Waals surface area contributed by atoms with E-state index in [9.17, 15) is 22.8 Å². The molecular formula is C15H23F3N2O3. The van der Waals surface area contributed by atoms with Gasteiger partial charge in [-0.15, -0.1) is 0 Å². The Kier molecular flexibility index (Phi) is 5.54. The molecule has 2 fully saturated rings. The quantitative estimate of drug-likeness (QED) is 0.735. The minimum atomic E-state index is -4.40. The Bertz CT molecular complexity index is 456. The SMILES string of the molecule is CCN(CC(F)(F)F)C(=O)[C@@H]1CCCN([C@H]2C[C@@H](C)OC2=O)C1. The van der Waals surface area contributed by atoms with Crippen molar-refractivity contribution in [1.29, 1.82) is 0 Å². The van der Waals surface area contributed by atoms with Gasteiger partial charge in [0.05, 0.1) is 5.92 Å². The van der Waals surface area contributed by atoms with Crippen LogP contribution in [0.25, 0.3) is 0 Å². The molecule has 0 aromatic rings. The largest absolute Gasteiger partial charge is 0.461 e. The van der Waals surface area contributed by atoms with Crippen LogP contribution in [0, 0.1) is 5.92 Å². The van der Waals surface area contributed by atoms with Gasteiger partial charge in [0.15, 0.2) is 0 Å². The van der Waals surface area contributed by atoms with Gasteiger partial charge >= 0.3 is 12.1 Å². The van der Waals surface area contributed by atoms with Crippen LogP contribution in [0.5, 0.6) is 0 Å². The maximum atomic E-state index is 12.6. The molecule has 0 spiro atoms. The first kappa shape index (κ1) is 18.0. The number of hydrogen-bond acceptors (Lipinski definition) is 4. The number of esters is 1. The molecule has 0 radical (unpaired) electrons. The molecule has 3 atom stereocenters. The summed E-state index contributed by atoms with van der Waals surface area (Å²) < 4.78 is 42.8. The minimum absolute atomic E-state index is 0.0251. The predicted octanol–water partition coefficient (Wildman–Crippen LogP) is 1.81. The zero-order valence-corrected chi connectivity index (χ0v) is 13.4. The molecule has 2 aliphatic heterocycles. The third kappa shape index (κ3) is 4.59. The normalized spacial score (nSPS) is 29.4. The van der Waals surface area contributed by atoms with Gasteiger partial charge in [-0.05, 0) is 33.2 Å². The molecule has 132 valence electrons. The number of carbonyl (C=O) groups is 2. The van der Waals surface area contributed by atoms with Gasteiger partial charge in [-0.1, -0.05) is 0 Å². The van der Waals surface area contributed by atoms with Crippen molar-refractivity contribution in [3.05, 3.63) is 0 Å². The molecule has 2 rings (SSSR count). The van der Waals surface area contributed by atoms with Crippen molar-refractivity contribution >= 4 is 11.9 Å². The highest BCUT2D eigenvalue weighted by molar-refractivity contribution is 5.80. The van der Waals surface area contributed by atoms with Gasteiger partial charge in [0.1, 0.15) is 18.7 Å². The number of piperidine rings is 1. The first-order valence-electron chi connectivity index (χ1n) is 8.01. The third-order valence-electron chi connectivity index (χ3n) is 4.45. The molecule has 2 heterocycles. The van der Waals surface area contributed by atoms with E-state index in [1.807, 2.05) is 11.8 Å². The van der Waals surface area contributed by atoms with E-state index in [0.29, 0.717) is 32.4 Å². The molecule has 1 amide bonds. The topological polar surface area (TPSA) is 49.9 Å². The zero-order valence-electron chi connectivity index (χ0n) is 13.4. The van der Waals surface area contributed by atoms with E-state index in [1.165, 1.54) is 0 Å². The maximum absolute atomic E-state index is 12.6. The molecule has 23 heavy (non-hydrogen) atoms. The summed E-state index contributed by atoms with van der Waals surface area (Å²) in [6.07, 6.45) is -2.73. The van der Waals surface area contributed by atoms with Gasteiger partial charge in [0.2, 0.25) is 5.91 Å². The second-order valence-corrected chi connectivity index (χ2v) is 6.30. The summed E-state index contributed by atoms with van der Waals surface area (Å²) in [6, 6.07) is -0.377. The Morgan fingerprint density at radius 2 is 2.13 bits per heavy atom. The molecule has 0 unspecified atom stereocenters. The van der Waals surface area contributed by atoms with Crippen LogP contribution in [0.3, 0.4) is 0 Å². The number of hydrogen-bond donors (Lipinski definition) is 0. The van der Waals surface area contributed by atoms with Crippen LogP contribution in [0.1, 0.15) is 33.1 Å². The number of alkyl halides is 3. The van der Waals surface area contributed by atoms with E-state index in [0.717, 1.165) is 4.90 Å². The lowest BCUT2D eigenvalue weighted by atomic mass is 9.94. The molecule has 8 heteroatoms. The fraction of sp³-hybridized carbons (Fsp3) is 0.867. The van der Waals surface area contributed by atoms with E-state index in [-0.39, 0.29) is 24.7 Å². The molecule has 0 aromatic carbocycles. The number of rotatable bonds is 4. The van der Waals surface area contributed by atoms with Crippen LogP contribution in [0.15, 0.2) is 0 Å². The summed E-state index contributed by atoms with van der Waals surface area (Å²) in [4.78, 5) is 27.0. The number of ether oxygens (including phenoxy) is 1. The average molecular weight is 336 g/mol. The Morgan fingerprint density at radius 3 is 2.65 bits per heavy atom. The fourth-order valence-corrected chi connectivity index (χ4v) is 3.34. The molecular weight excluding hydrogens is 313 g/mol. The number of halogens is 3. The summed E-state index contributed by atoms with van der Waals surface area (Å²) in [5.74, 6) is -1.27. The van der Waals surface area contributed by atoms with Crippen LogP contribution in [0.2, 0.25) is 0 Å². The lowest BCUT2D eigenvalue weighted by Crippen LogP contribution is -2.50. The first-order valence-corrected chi connectivity index (χ1v) is 8.01. The summed E-state index contributed by atoms with van der Waals surface area (Å²) in [5.41, 5.74) is 0. The molecule has 2 aliphatic rings. The summed E-state index contributed by atoms with van der Waals surface area (Å²) in [6.45, 7) is 3.15. The number of likely N-dealkylation sites (tertiary alicyclic amines) is 1. The summed E-state index contributed by atoms with van der Waals surface area (Å²) >= 11 is 0. The van der Waals surface area contributed by atoms with Gasteiger partial charge in [-0.3, -0.25) is 14.5 Å². The highest BCUT2D eigenvalue weighted by atomic mass is 19.4. The Balaban J connectivity index is 1.99. The fourth-order valence-electron chi connectivity index (χ4n) is 3.34. The molecule has 2 saturated heterocycles. The van der Waals surface area contributed by atoms with Crippen molar-refractivity contribution < 1.29 is 27.5 Å². The van der Waals surface area contributed by atoms with Crippen molar-refractivity contribution in [2.45, 2.75) is 51.4 Å². The Morgan fingerprint density at radius 1 is 1.43 bits per heavy atom. The predicted molar refractivity (Wildman–Crippen MR) is 76.6 cm³/mol. The van der Waals surface area contributed by atoms with E-state index < -0.39 is 24.5 Å². The van der Waals surface area contributed by atoms with Crippen molar-refractivity contribution in [2.24, 2.45) is 5.92 Å². The smallest absolute Gasteiger partial charge is 0.406 e. The first-order chi connectivity index (χ1) is 10.7. The Labute approximate surface area is 133 Å². The van der Waals surface area contributed by atoms with Crippen LogP contribution in [-0.2, 0) is 14.3 Å². The summed E-state index contributed by atoms with van der Waals surface area (Å²) in [7, 11) is 0. The molecule has 0 N–H and O–H groups in total. The van der Waals surface area contributed by atoms with Gasteiger partial charge in [-0.25, -0.2) is 0 Å². The Hall–Kier alpha value is -1.31. The van der Waals surface area contributed by atoms with Crippen molar-refractivity contribution in [2.75, 3.05) is 26.2 Å². The highest BCUT2D eigenvalue weighted by Crippen LogP contribution is 2.27. The van der Waals surface area contributed by atoms with Crippen molar-refractivity contribution in [3.63, 3.8) is 0 Å². The molecule has 0 saturated carbocycles. The van der Waals surface area contributed by atoms with Crippen LogP contribution in [0.4, 0.5) is 13.2 Å². The van der Waals surface area contributed by atoms with E-state index in [4.69, 9.17) is 4.74 Å². The van der Waals surface area contributed by atoms with Crippen molar-refractivity contribution in [3.8, 4) is 0 Å². The van der Waals surface area contributed by atoms with Crippen molar-refractivity contribution in [1.82, 2.24) is 9.80 Å². The number of amides is 1. The van der Waals surface area contributed by atoms with Crippen LogP contribution in [-0.4, -0.2) is 66.2 Å². The molecule has 0 bridgehead atoms. The van der Waals surface area contributed by atoms with E-state index >= 15 is 0 Å². The minimum Gasteiger partial charge on any atom is -0.461 e. The van der Waals surface area contributed by atoms with Gasteiger partial charge in [-0.2, -0.15) is 13.2 Å². The number of cyclic esters (lactones) is 1. The average Bonchev–Trinajstić information content (AvgIpc) is 2.82. The van der Waals surface area contributed by atoms with Crippen LogP contribution < -0.4 is 0 Å². The maximum Gasteiger partial charge on any atom is 0.406 e. The molecule has 0 aromatic heterocycles. The van der Waals surface area contributed by atoms with Gasteiger partial charge < -0.3 is 9.64 Å². The van der Waals surface area contributed by atoms with E-state index in [2.05, 4.69) is 0 Å². The summed E-state index contributed by atoms with van der Waals surface area (Å²) in [5, 5.41) is 0. The monoisotopic (exact) mass is 336 g/mol. The van der Waals surface area contributed by atoms with Gasteiger partial charge in [0, 0.05) is 19.5 Å². The third-order valence-corrected chi connectivity index (χ3v) is 4.45. The van der Waals surface area contributed by atoms with E-state index in [1.54, 1.807) is 6.92 Å². The standard InChI is InChI=1S/C15H23F3N2O3/c1-3-19(9-15(16,17)18)13(21)11-5-4-6-20(8-11)12-7-10(2)23-14(12)22/h10-12H,3-9H2,1-2H3/t10-,11-,12+/m1/s1. The molecule has 0 aliphatic carbocycles. The van der Waals surface area contributed by atoms with Crippen LogP contribution >= 0.6 is 0 Å². The van der Waals surface area contributed by atoms with Gasteiger partial charge in [0.25, 0.3) is 0 Å². The number of nitrogens with zero attached hydrogens (tertiary/aromatic N) is 2. The lowest BCUT2D eigenvalue weighted by Gasteiger charge is -2.36. The lowest BCUT2D eigenvalue weighted by molar-refractivity contribution is -0.164. The highest BCUT2D eigenvalue weighted by Gasteiger charge is 2.41. The zero-order chi connectivity index (χ0) is 17.2. The number of carbonyl (C=O) groups excluding carboxylic acids is 2. The second-order valence-electron chi connectivity index (χ2n) is 6.30.